The van der Waals surface area contributed by atoms with Crippen molar-refractivity contribution in [3.05, 3.63) is 30.1 Å². The molecule has 2 N–H and O–H groups in total. The van der Waals surface area contributed by atoms with Gasteiger partial charge in [0.15, 0.2) is 0 Å². The standard InChI is InChI=1S/C20H29FN4O/c21-16-1-3-18(4-2-16)25-13-11-24(12-14-25)10-5-17-15-20(19(26)23-17)6-8-22-9-7-20/h1-4,17,22H,5-15H2,(H,23,26)/t17-/m1/s1. The third kappa shape index (κ3) is 3.71. The average Bonchev–Trinajstić information content (AvgIpc) is 2.97. The first-order valence-electron chi connectivity index (χ1n) is 9.89. The fourth-order valence-electron chi connectivity index (χ4n) is 4.68. The van der Waals surface area contributed by atoms with E-state index >= 15 is 0 Å². The summed E-state index contributed by atoms with van der Waals surface area (Å²) in [4.78, 5) is 17.3. The summed E-state index contributed by atoms with van der Waals surface area (Å²) in [5, 5.41) is 6.62. The highest BCUT2D eigenvalue weighted by Crippen LogP contribution is 2.39. The Labute approximate surface area is 154 Å². The Morgan fingerprint density at radius 3 is 2.46 bits per heavy atom. The number of hydrogen-bond acceptors (Lipinski definition) is 4. The molecule has 0 saturated carbocycles. The number of hydrogen-bond donors (Lipinski definition) is 2. The van der Waals surface area contributed by atoms with Crippen LogP contribution in [0, 0.1) is 11.2 Å². The Kier molecular flexibility index (Phi) is 5.14. The Morgan fingerprint density at radius 2 is 1.77 bits per heavy atom. The largest absolute Gasteiger partial charge is 0.369 e. The monoisotopic (exact) mass is 360 g/mol. The summed E-state index contributed by atoms with van der Waals surface area (Å²) in [7, 11) is 0. The Morgan fingerprint density at radius 1 is 1.08 bits per heavy atom. The topological polar surface area (TPSA) is 47.6 Å². The smallest absolute Gasteiger partial charge is 0.226 e. The summed E-state index contributed by atoms with van der Waals surface area (Å²) in [6.07, 6.45) is 4.00. The van der Waals surface area contributed by atoms with Crippen molar-refractivity contribution in [2.75, 3.05) is 50.7 Å². The molecule has 0 aliphatic carbocycles. The van der Waals surface area contributed by atoms with Crippen molar-refractivity contribution in [3.8, 4) is 0 Å². The van der Waals surface area contributed by atoms with Gasteiger partial charge in [-0.3, -0.25) is 9.69 Å². The fourth-order valence-corrected chi connectivity index (χ4v) is 4.68. The molecule has 1 amide bonds. The summed E-state index contributed by atoms with van der Waals surface area (Å²) >= 11 is 0. The van der Waals surface area contributed by atoms with Crippen LogP contribution >= 0.6 is 0 Å². The van der Waals surface area contributed by atoms with Crippen LogP contribution in [0.1, 0.15) is 25.7 Å². The Balaban J connectivity index is 1.23. The van der Waals surface area contributed by atoms with E-state index in [-0.39, 0.29) is 17.1 Å². The number of nitrogens with zero attached hydrogens (tertiary/aromatic N) is 2. The maximum absolute atomic E-state index is 13.1. The molecule has 0 aromatic heterocycles. The predicted molar refractivity (Wildman–Crippen MR) is 101 cm³/mol. The van der Waals surface area contributed by atoms with Gasteiger partial charge in [0.1, 0.15) is 5.82 Å². The number of piperazine rings is 1. The van der Waals surface area contributed by atoms with Crippen LogP contribution in [0.25, 0.3) is 0 Å². The Hall–Kier alpha value is -1.66. The lowest BCUT2D eigenvalue weighted by Crippen LogP contribution is -2.47. The van der Waals surface area contributed by atoms with Gasteiger partial charge in [0, 0.05) is 44.5 Å². The van der Waals surface area contributed by atoms with Crippen molar-refractivity contribution < 1.29 is 9.18 Å². The van der Waals surface area contributed by atoms with Crippen LogP contribution in [-0.2, 0) is 4.79 Å². The van der Waals surface area contributed by atoms with Gasteiger partial charge in [0.05, 0.1) is 5.41 Å². The fraction of sp³-hybridized carbons (Fsp3) is 0.650. The van der Waals surface area contributed by atoms with Gasteiger partial charge < -0.3 is 15.5 Å². The second kappa shape index (κ2) is 7.53. The normalized spacial score (nSPS) is 26.3. The number of rotatable bonds is 4. The number of amides is 1. The molecule has 3 saturated heterocycles. The lowest BCUT2D eigenvalue weighted by Gasteiger charge is -2.36. The molecule has 5 nitrogen and oxygen atoms in total. The highest BCUT2D eigenvalue weighted by molar-refractivity contribution is 5.85. The van der Waals surface area contributed by atoms with E-state index in [2.05, 4.69) is 20.4 Å². The molecule has 4 rings (SSSR count). The van der Waals surface area contributed by atoms with Crippen molar-refractivity contribution in [1.29, 1.82) is 0 Å². The minimum Gasteiger partial charge on any atom is -0.369 e. The summed E-state index contributed by atoms with van der Waals surface area (Å²) < 4.78 is 13.1. The van der Waals surface area contributed by atoms with E-state index in [0.717, 1.165) is 77.2 Å². The number of benzene rings is 1. The molecular weight excluding hydrogens is 331 g/mol. The maximum Gasteiger partial charge on any atom is 0.226 e. The minimum atomic E-state index is -0.183. The number of carbonyl (C=O) groups excluding carboxylic acids is 1. The highest BCUT2D eigenvalue weighted by atomic mass is 19.1. The molecule has 1 aromatic carbocycles. The van der Waals surface area contributed by atoms with Crippen molar-refractivity contribution in [3.63, 3.8) is 0 Å². The molecule has 1 aromatic rings. The average molecular weight is 360 g/mol. The van der Waals surface area contributed by atoms with Crippen molar-refractivity contribution in [1.82, 2.24) is 15.5 Å². The number of piperidine rings is 1. The van der Waals surface area contributed by atoms with Crippen molar-refractivity contribution in [2.24, 2.45) is 5.41 Å². The van der Waals surface area contributed by atoms with Crippen LogP contribution in [0.5, 0.6) is 0 Å². The molecule has 1 spiro atoms. The molecule has 6 heteroatoms. The zero-order valence-electron chi connectivity index (χ0n) is 15.3. The number of anilines is 1. The van der Waals surface area contributed by atoms with Crippen molar-refractivity contribution >= 4 is 11.6 Å². The minimum absolute atomic E-state index is 0.100. The summed E-state index contributed by atoms with van der Waals surface area (Å²) in [6.45, 7) is 6.95. The van der Waals surface area contributed by atoms with E-state index in [1.165, 1.54) is 12.1 Å². The summed E-state index contributed by atoms with van der Waals surface area (Å²) in [6, 6.07) is 7.10. The Bertz CT molecular complexity index is 621. The SMILES string of the molecule is O=C1N[C@H](CCN2CCN(c3ccc(F)cc3)CC2)CC12CCNCC2. The van der Waals surface area contributed by atoms with E-state index < -0.39 is 0 Å². The number of nitrogens with one attached hydrogen (secondary N) is 2. The zero-order chi connectivity index (χ0) is 18.0. The van der Waals surface area contributed by atoms with E-state index in [1.807, 2.05) is 12.1 Å². The van der Waals surface area contributed by atoms with Gasteiger partial charge >= 0.3 is 0 Å². The third-order valence-electron chi connectivity index (χ3n) is 6.37. The molecule has 26 heavy (non-hydrogen) atoms. The van der Waals surface area contributed by atoms with E-state index in [1.54, 1.807) is 0 Å². The van der Waals surface area contributed by atoms with E-state index in [4.69, 9.17) is 0 Å². The first kappa shape index (κ1) is 17.7. The second-order valence-corrected chi connectivity index (χ2v) is 8.00. The molecule has 3 aliphatic heterocycles. The predicted octanol–water partition coefficient (Wildman–Crippen LogP) is 1.60. The molecule has 0 radical (unpaired) electrons. The number of halogens is 1. The van der Waals surface area contributed by atoms with Crippen molar-refractivity contribution in [2.45, 2.75) is 31.7 Å². The number of carbonyl (C=O) groups is 1. The molecule has 3 aliphatic rings. The van der Waals surface area contributed by atoms with Crippen LogP contribution < -0.4 is 15.5 Å². The first-order valence-corrected chi connectivity index (χ1v) is 9.89. The van der Waals surface area contributed by atoms with Crippen LogP contribution in [-0.4, -0.2) is 62.7 Å². The van der Waals surface area contributed by atoms with Crippen LogP contribution in [0.3, 0.4) is 0 Å². The first-order chi connectivity index (χ1) is 12.6. The molecule has 142 valence electrons. The molecular formula is C20H29FN4O. The second-order valence-electron chi connectivity index (χ2n) is 8.00. The van der Waals surface area contributed by atoms with Gasteiger partial charge in [-0.05, 0) is 63.0 Å². The third-order valence-corrected chi connectivity index (χ3v) is 6.37. The van der Waals surface area contributed by atoms with Crippen LogP contribution in [0.4, 0.5) is 10.1 Å². The summed E-state index contributed by atoms with van der Waals surface area (Å²) in [5.74, 6) is 0.0997. The lowest BCUT2D eigenvalue weighted by molar-refractivity contribution is -0.128. The molecule has 1 atom stereocenters. The van der Waals surface area contributed by atoms with Gasteiger partial charge in [-0.2, -0.15) is 0 Å². The lowest BCUT2D eigenvalue weighted by atomic mass is 9.76. The van der Waals surface area contributed by atoms with Gasteiger partial charge in [-0.25, -0.2) is 4.39 Å². The van der Waals surface area contributed by atoms with Gasteiger partial charge in [0.2, 0.25) is 5.91 Å². The van der Waals surface area contributed by atoms with Gasteiger partial charge in [-0.1, -0.05) is 0 Å². The zero-order valence-corrected chi connectivity index (χ0v) is 15.3. The molecule has 3 fully saturated rings. The van der Waals surface area contributed by atoms with E-state index in [0.29, 0.717) is 6.04 Å². The maximum atomic E-state index is 13.1. The molecule has 0 unspecified atom stereocenters. The molecule has 0 bridgehead atoms. The quantitative estimate of drug-likeness (QED) is 0.856. The summed E-state index contributed by atoms with van der Waals surface area (Å²) in [5.41, 5.74) is 0.999. The molecule has 3 heterocycles. The van der Waals surface area contributed by atoms with E-state index in [9.17, 15) is 9.18 Å². The van der Waals surface area contributed by atoms with Crippen LogP contribution in [0.2, 0.25) is 0 Å². The van der Waals surface area contributed by atoms with Crippen LogP contribution in [0.15, 0.2) is 24.3 Å². The van der Waals surface area contributed by atoms with Gasteiger partial charge in [-0.15, -0.1) is 0 Å². The van der Waals surface area contributed by atoms with Gasteiger partial charge in [0.25, 0.3) is 0 Å². The highest BCUT2D eigenvalue weighted by Gasteiger charge is 2.46.